The second kappa shape index (κ2) is 8.49. The summed E-state index contributed by atoms with van der Waals surface area (Å²) in [5.74, 6) is -0.949. The van der Waals surface area contributed by atoms with Gasteiger partial charge in [-0.2, -0.15) is 0 Å². The molecule has 1 aromatic carbocycles. The van der Waals surface area contributed by atoms with Crippen LogP contribution in [0.5, 0.6) is 0 Å². The Bertz CT molecular complexity index is 1130. The van der Waals surface area contributed by atoms with Gasteiger partial charge in [0, 0.05) is 25.9 Å². The van der Waals surface area contributed by atoms with Crippen molar-refractivity contribution in [1.29, 1.82) is 0 Å². The molecule has 0 spiro atoms. The van der Waals surface area contributed by atoms with Crippen molar-refractivity contribution in [2.24, 2.45) is 0 Å². The topological polar surface area (TPSA) is 82.3 Å². The fourth-order valence-corrected chi connectivity index (χ4v) is 3.76. The Hall–Kier alpha value is -2.78. The highest BCUT2D eigenvalue weighted by molar-refractivity contribution is 7.17. The minimum atomic E-state index is -0.557. The van der Waals surface area contributed by atoms with Crippen molar-refractivity contribution in [2.75, 3.05) is 19.0 Å². The van der Waals surface area contributed by atoms with Crippen LogP contribution in [-0.4, -0.2) is 28.8 Å². The van der Waals surface area contributed by atoms with Gasteiger partial charge in [-0.05, 0) is 42.5 Å². The first-order valence-electron chi connectivity index (χ1n) is 8.68. The molecule has 2 heterocycles. The summed E-state index contributed by atoms with van der Waals surface area (Å²) in [6.07, 6.45) is 0.497. The summed E-state index contributed by atoms with van der Waals surface area (Å²) < 4.78 is 21.2. The molecule has 0 saturated heterocycles. The van der Waals surface area contributed by atoms with E-state index in [1.165, 1.54) is 28.0 Å². The maximum Gasteiger partial charge on any atom is 0.332 e. The van der Waals surface area contributed by atoms with Gasteiger partial charge in [-0.15, -0.1) is 11.3 Å². The van der Waals surface area contributed by atoms with Crippen LogP contribution in [0.3, 0.4) is 0 Å². The highest BCUT2D eigenvalue weighted by atomic mass is 32.1. The predicted molar refractivity (Wildman–Crippen MR) is 107 cm³/mol. The van der Waals surface area contributed by atoms with Gasteiger partial charge >= 0.3 is 5.69 Å². The Morgan fingerprint density at radius 2 is 2.04 bits per heavy atom. The van der Waals surface area contributed by atoms with E-state index >= 15 is 0 Å². The molecular formula is C19H20FN3O4S. The van der Waals surface area contributed by atoms with Crippen molar-refractivity contribution in [3.63, 3.8) is 0 Å². The maximum atomic E-state index is 13.4. The van der Waals surface area contributed by atoms with Gasteiger partial charge < -0.3 is 10.1 Å². The molecular weight excluding hydrogens is 385 g/mol. The third-order valence-corrected chi connectivity index (χ3v) is 5.23. The summed E-state index contributed by atoms with van der Waals surface area (Å²) in [6.45, 7) is 2.07. The molecule has 0 unspecified atom stereocenters. The van der Waals surface area contributed by atoms with E-state index in [4.69, 9.17) is 4.74 Å². The first kappa shape index (κ1) is 20.0. The van der Waals surface area contributed by atoms with E-state index in [9.17, 15) is 18.8 Å². The number of methoxy groups -OCH3 is 1. The molecule has 0 fully saturated rings. The molecule has 1 N–H and O–H groups in total. The number of aryl methyl sites for hydroxylation is 1. The van der Waals surface area contributed by atoms with Crippen LogP contribution in [0.15, 0.2) is 39.2 Å². The van der Waals surface area contributed by atoms with Crippen LogP contribution in [0.25, 0.3) is 10.2 Å². The van der Waals surface area contributed by atoms with Crippen LogP contribution in [0.2, 0.25) is 0 Å². The lowest BCUT2D eigenvalue weighted by atomic mass is 10.2. The van der Waals surface area contributed by atoms with Crippen molar-refractivity contribution in [3.8, 4) is 0 Å². The Kier molecular flexibility index (Phi) is 6.05. The lowest BCUT2D eigenvalue weighted by Crippen LogP contribution is -2.41. The maximum absolute atomic E-state index is 13.4. The summed E-state index contributed by atoms with van der Waals surface area (Å²) in [6, 6.07) is 5.73. The van der Waals surface area contributed by atoms with Crippen LogP contribution in [0.1, 0.15) is 12.0 Å². The summed E-state index contributed by atoms with van der Waals surface area (Å²) in [5.41, 5.74) is 0.524. The number of thiophene rings is 1. The zero-order chi connectivity index (χ0) is 20.3. The van der Waals surface area contributed by atoms with Crippen molar-refractivity contribution < 1.29 is 13.9 Å². The number of halogens is 1. The lowest BCUT2D eigenvalue weighted by Gasteiger charge is -2.13. The average molecular weight is 405 g/mol. The molecule has 0 radical (unpaired) electrons. The number of hydrogen-bond donors (Lipinski definition) is 1. The van der Waals surface area contributed by atoms with E-state index in [0.717, 1.165) is 4.57 Å². The fraction of sp³-hybridized carbons (Fsp3) is 0.316. The number of anilines is 1. The second-order valence-corrected chi connectivity index (χ2v) is 7.23. The third kappa shape index (κ3) is 4.05. The van der Waals surface area contributed by atoms with Crippen molar-refractivity contribution in [1.82, 2.24) is 9.13 Å². The molecule has 0 saturated carbocycles. The zero-order valence-corrected chi connectivity index (χ0v) is 16.3. The molecule has 9 heteroatoms. The fourth-order valence-electron chi connectivity index (χ4n) is 2.91. The van der Waals surface area contributed by atoms with Crippen molar-refractivity contribution in [2.45, 2.75) is 26.4 Å². The normalized spacial score (nSPS) is 11.1. The molecule has 3 rings (SSSR count). The summed E-state index contributed by atoms with van der Waals surface area (Å²) in [7, 11) is 1.54. The van der Waals surface area contributed by atoms with Crippen LogP contribution in [0, 0.1) is 12.7 Å². The number of hydrogen-bond acceptors (Lipinski definition) is 5. The Morgan fingerprint density at radius 1 is 1.25 bits per heavy atom. The highest BCUT2D eigenvalue weighted by Gasteiger charge is 2.17. The number of amides is 1. The predicted octanol–water partition coefficient (Wildman–Crippen LogP) is 2.35. The monoisotopic (exact) mass is 405 g/mol. The molecule has 28 heavy (non-hydrogen) atoms. The minimum absolute atomic E-state index is 0.198. The largest absolute Gasteiger partial charge is 0.385 e. The number of aromatic nitrogens is 2. The Labute approximate surface area is 164 Å². The SMILES string of the molecule is COCCCn1c(=O)c2sccc2n(CC(=O)Nc2cc(F)ccc2C)c1=O. The minimum Gasteiger partial charge on any atom is -0.385 e. The molecule has 7 nitrogen and oxygen atoms in total. The molecule has 0 aliphatic rings. The van der Waals surface area contributed by atoms with Gasteiger partial charge in [-0.3, -0.25) is 18.7 Å². The van der Waals surface area contributed by atoms with Gasteiger partial charge in [-0.25, -0.2) is 9.18 Å². The molecule has 0 aliphatic carbocycles. The number of nitrogens with zero attached hydrogens (tertiary/aromatic N) is 2. The second-order valence-electron chi connectivity index (χ2n) is 6.31. The number of carbonyl (C=O) groups excluding carboxylic acids is 1. The molecule has 0 bridgehead atoms. The summed E-state index contributed by atoms with van der Waals surface area (Å²) in [5, 5.41) is 4.33. The molecule has 0 atom stereocenters. The molecule has 3 aromatic rings. The smallest absolute Gasteiger partial charge is 0.332 e. The highest BCUT2D eigenvalue weighted by Crippen LogP contribution is 2.17. The number of carbonyl (C=O) groups is 1. The van der Waals surface area contributed by atoms with Gasteiger partial charge in [0.15, 0.2) is 0 Å². The van der Waals surface area contributed by atoms with Gasteiger partial charge in [0.25, 0.3) is 5.56 Å². The van der Waals surface area contributed by atoms with E-state index in [1.807, 2.05) is 0 Å². The van der Waals surface area contributed by atoms with Gasteiger partial charge in [0.05, 0.1) is 5.52 Å². The molecule has 2 aromatic heterocycles. The zero-order valence-electron chi connectivity index (χ0n) is 15.5. The van der Waals surface area contributed by atoms with Gasteiger partial charge in [-0.1, -0.05) is 6.07 Å². The van der Waals surface area contributed by atoms with Crippen molar-refractivity contribution >= 4 is 33.1 Å². The number of rotatable bonds is 7. The number of fused-ring (bicyclic) bond motifs is 1. The quantitative estimate of drug-likeness (QED) is 0.612. The number of benzene rings is 1. The Morgan fingerprint density at radius 3 is 2.79 bits per heavy atom. The number of ether oxygens (including phenoxy) is 1. The third-order valence-electron chi connectivity index (χ3n) is 4.34. The molecule has 148 valence electrons. The van der Waals surface area contributed by atoms with Crippen molar-refractivity contribution in [3.05, 3.63) is 61.9 Å². The summed E-state index contributed by atoms with van der Waals surface area (Å²) >= 11 is 1.22. The first-order chi connectivity index (χ1) is 13.4. The van der Waals surface area contributed by atoms with Gasteiger partial charge in [0.2, 0.25) is 5.91 Å². The standard InChI is InChI=1S/C19H20FN3O4S/c1-12-4-5-13(20)10-14(12)21-16(24)11-23-15-6-9-28-17(15)18(25)22(19(23)26)7-3-8-27-2/h4-6,9-10H,3,7-8,11H2,1-2H3,(H,21,24). The van der Waals surface area contributed by atoms with Crippen LogP contribution in [0.4, 0.5) is 10.1 Å². The molecule has 1 amide bonds. The van der Waals surface area contributed by atoms with E-state index in [2.05, 4.69) is 5.32 Å². The molecule has 0 aliphatic heterocycles. The van der Waals surface area contributed by atoms with E-state index < -0.39 is 17.4 Å². The number of nitrogens with one attached hydrogen (secondary N) is 1. The van der Waals surface area contributed by atoms with Crippen LogP contribution in [-0.2, 0) is 22.6 Å². The van der Waals surface area contributed by atoms with E-state index in [-0.39, 0.29) is 18.6 Å². The Balaban J connectivity index is 1.94. The van der Waals surface area contributed by atoms with Crippen LogP contribution >= 0.6 is 11.3 Å². The van der Waals surface area contributed by atoms with E-state index in [0.29, 0.717) is 34.5 Å². The van der Waals surface area contributed by atoms with E-state index in [1.54, 1.807) is 31.5 Å². The summed E-state index contributed by atoms with van der Waals surface area (Å²) in [4.78, 5) is 38.0. The lowest BCUT2D eigenvalue weighted by molar-refractivity contribution is -0.116. The average Bonchev–Trinajstić information content (AvgIpc) is 3.14. The van der Waals surface area contributed by atoms with Crippen LogP contribution < -0.4 is 16.6 Å². The first-order valence-corrected chi connectivity index (χ1v) is 9.56. The van der Waals surface area contributed by atoms with Gasteiger partial charge in [0.1, 0.15) is 17.1 Å².